The number of carbonyl (C=O) groups excluding carboxylic acids is 1. The second kappa shape index (κ2) is 8.86. The maximum atomic E-state index is 13.0. The van der Waals surface area contributed by atoms with Gasteiger partial charge in [-0.1, -0.05) is 24.6 Å². The molecular weight excluding hydrogens is 416 g/mol. The number of benzene rings is 2. The Labute approximate surface area is 175 Å². The van der Waals surface area contributed by atoms with Gasteiger partial charge in [0.1, 0.15) is 0 Å². The number of anilines is 1. The average Bonchev–Trinajstić information content (AvgIpc) is 2.68. The number of amides is 1. The Bertz CT molecular complexity index is 971. The van der Waals surface area contributed by atoms with Crippen LogP contribution in [0, 0.1) is 5.92 Å². The van der Waals surface area contributed by atoms with Gasteiger partial charge in [0.15, 0.2) is 0 Å². The van der Waals surface area contributed by atoms with Gasteiger partial charge in [0.2, 0.25) is 10.0 Å². The van der Waals surface area contributed by atoms with E-state index in [1.807, 2.05) is 24.5 Å². The Morgan fingerprint density at radius 2 is 1.89 bits per heavy atom. The zero-order valence-electron chi connectivity index (χ0n) is 15.8. The van der Waals surface area contributed by atoms with Crippen LogP contribution in [0.2, 0.25) is 5.02 Å². The summed E-state index contributed by atoms with van der Waals surface area (Å²) < 4.78 is 27.4. The number of hydrogen-bond donors (Lipinski definition) is 1. The first kappa shape index (κ1) is 21.2. The summed E-state index contributed by atoms with van der Waals surface area (Å²) in [6.45, 7) is 3.12. The molecule has 0 spiro atoms. The van der Waals surface area contributed by atoms with Gasteiger partial charge in [0, 0.05) is 23.7 Å². The fraction of sp³-hybridized carbons (Fsp3) is 0.350. The summed E-state index contributed by atoms with van der Waals surface area (Å²) in [5.74, 6) is 0.0858. The number of rotatable bonds is 5. The Kier molecular flexibility index (Phi) is 6.70. The predicted octanol–water partition coefficient (Wildman–Crippen LogP) is 4.73. The van der Waals surface area contributed by atoms with Gasteiger partial charge >= 0.3 is 0 Å². The number of nitrogens with one attached hydrogen (secondary N) is 1. The summed E-state index contributed by atoms with van der Waals surface area (Å²) in [6, 6.07) is 11.7. The minimum Gasteiger partial charge on any atom is -0.322 e. The van der Waals surface area contributed by atoms with Crippen LogP contribution in [0.4, 0.5) is 5.69 Å². The first-order valence-corrected chi connectivity index (χ1v) is 12.1. The molecule has 1 amide bonds. The molecule has 150 valence electrons. The van der Waals surface area contributed by atoms with Crippen molar-refractivity contribution in [2.45, 2.75) is 29.6 Å². The highest BCUT2D eigenvalue weighted by molar-refractivity contribution is 7.98. The lowest BCUT2D eigenvalue weighted by molar-refractivity contribution is 0.102. The molecule has 0 bridgehead atoms. The van der Waals surface area contributed by atoms with E-state index in [1.165, 1.54) is 22.5 Å². The van der Waals surface area contributed by atoms with Crippen LogP contribution in [0.15, 0.2) is 52.3 Å². The molecule has 0 radical (unpaired) electrons. The molecule has 1 heterocycles. The van der Waals surface area contributed by atoms with E-state index in [2.05, 4.69) is 12.2 Å². The van der Waals surface area contributed by atoms with Crippen LogP contribution in [0.1, 0.15) is 30.1 Å². The van der Waals surface area contributed by atoms with E-state index in [0.717, 1.165) is 17.7 Å². The Morgan fingerprint density at radius 1 is 1.18 bits per heavy atom. The summed E-state index contributed by atoms with van der Waals surface area (Å²) in [5.41, 5.74) is 0.772. The van der Waals surface area contributed by atoms with Crippen molar-refractivity contribution >= 4 is 45.0 Å². The van der Waals surface area contributed by atoms with E-state index in [9.17, 15) is 13.2 Å². The Hall–Kier alpha value is -1.54. The lowest BCUT2D eigenvalue weighted by atomic mass is 10.0. The second-order valence-electron chi connectivity index (χ2n) is 6.91. The molecule has 8 heteroatoms. The highest BCUT2D eigenvalue weighted by Gasteiger charge is 2.29. The van der Waals surface area contributed by atoms with Gasteiger partial charge in [-0.05, 0) is 61.4 Å². The molecule has 28 heavy (non-hydrogen) atoms. The van der Waals surface area contributed by atoms with Gasteiger partial charge in [0.05, 0.1) is 15.5 Å². The molecule has 1 fully saturated rings. The molecule has 1 saturated heterocycles. The number of halogens is 1. The molecule has 0 aliphatic carbocycles. The van der Waals surface area contributed by atoms with Crippen molar-refractivity contribution in [2.75, 3.05) is 24.7 Å². The molecule has 0 atom stereocenters. The number of piperidine rings is 1. The SMILES string of the molecule is CSc1cccc(NC(=O)c2cc(S(=O)(=O)N3CCC(C)CC3)ccc2Cl)c1. The van der Waals surface area contributed by atoms with Crippen LogP contribution in [-0.4, -0.2) is 38.0 Å². The number of carbonyl (C=O) groups is 1. The van der Waals surface area contributed by atoms with E-state index in [-0.39, 0.29) is 15.5 Å². The molecule has 2 aromatic carbocycles. The predicted molar refractivity (Wildman–Crippen MR) is 115 cm³/mol. The zero-order chi connectivity index (χ0) is 20.3. The monoisotopic (exact) mass is 438 g/mol. The molecule has 1 aliphatic rings. The van der Waals surface area contributed by atoms with Gasteiger partial charge < -0.3 is 5.32 Å². The first-order chi connectivity index (χ1) is 13.3. The first-order valence-electron chi connectivity index (χ1n) is 9.06. The molecule has 2 aromatic rings. The van der Waals surface area contributed by atoms with Crippen molar-refractivity contribution in [3.63, 3.8) is 0 Å². The summed E-state index contributed by atoms with van der Waals surface area (Å²) >= 11 is 7.77. The third kappa shape index (κ3) is 4.71. The van der Waals surface area contributed by atoms with Crippen molar-refractivity contribution in [2.24, 2.45) is 5.92 Å². The van der Waals surface area contributed by atoms with Crippen LogP contribution < -0.4 is 5.32 Å². The lowest BCUT2D eigenvalue weighted by Gasteiger charge is -2.29. The second-order valence-corrected chi connectivity index (χ2v) is 10.1. The van der Waals surface area contributed by atoms with Crippen molar-refractivity contribution < 1.29 is 13.2 Å². The summed E-state index contributed by atoms with van der Waals surface area (Å²) in [6.07, 6.45) is 3.63. The molecule has 5 nitrogen and oxygen atoms in total. The molecule has 0 unspecified atom stereocenters. The average molecular weight is 439 g/mol. The summed E-state index contributed by atoms with van der Waals surface area (Å²) in [7, 11) is -3.65. The third-order valence-electron chi connectivity index (χ3n) is 4.89. The number of nitrogens with zero attached hydrogens (tertiary/aromatic N) is 1. The minimum absolute atomic E-state index is 0.0921. The molecule has 0 saturated carbocycles. The molecule has 1 aliphatic heterocycles. The fourth-order valence-corrected chi connectivity index (χ4v) is 5.27. The van der Waals surface area contributed by atoms with Crippen LogP contribution in [-0.2, 0) is 10.0 Å². The zero-order valence-corrected chi connectivity index (χ0v) is 18.2. The third-order valence-corrected chi connectivity index (χ3v) is 7.84. The number of thioether (sulfide) groups is 1. The van der Waals surface area contributed by atoms with Crippen LogP contribution in [0.3, 0.4) is 0 Å². The number of sulfonamides is 1. The van der Waals surface area contributed by atoms with Crippen LogP contribution in [0.5, 0.6) is 0 Å². The summed E-state index contributed by atoms with van der Waals surface area (Å²) in [4.78, 5) is 13.8. The smallest absolute Gasteiger partial charge is 0.257 e. The molecule has 0 aromatic heterocycles. The van der Waals surface area contributed by atoms with Crippen molar-refractivity contribution in [3.05, 3.63) is 53.1 Å². The highest BCUT2D eigenvalue weighted by Crippen LogP contribution is 2.27. The topological polar surface area (TPSA) is 66.5 Å². The molecular formula is C20H23ClN2O3S2. The number of hydrogen-bond acceptors (Lipinski definition) is 4. The van der Waals surface area contributed by atoms with Crippen LogP contribution in [0.25, 0.3) is 0 Å². The van der Waals surface area contributed by atoms with Crippen molar-refractivity contribution in [3.8, 4) is 0 Å². The highest BCUT2D eigenvalue weighted by atomic mass is 35.5. The van der Waals surface area contributed by atoms with E-state index < -0.39 is 15.9 Å². The van der Waals surface area contributed by atoms with Crippen molar-refractivity contribution in [1.82, 2.24) is 4.31 Å². The van der Waals surface area contributed by atoms with E-state index >= 15 is 0 Å². The van der Waals surface area contributed by atoms with E-state index in [1.54, 1.807) is 17.8 Å². The quantitative estimate of drug-likeness (QED) is 0.685. The van der Waals surface area contributed by atoms with Crippen LogP contribution >= 0.6 is 23.4 Å². The molecule has 1 N–H and O–H groups in total. The standard InChI is InChI=1S/C20H23ClN2O3S2/c1-14-8-10-23(11-9-14)28(25,26)17-6-7-19(21)18(13-17)20(24)22-15-4-3-5-16(12-15)27-2/h3-7,12-14H,8-11H2,1-2H3,(H,22,24). The Balaban J connectivity index is 1.85. The maximum Gasteiger partial charge on any atom is 0.257 e. The normalized spacial score (nSPS) is 16.1. The fourth-order valence-electron chi connectivity index (χ4n) is 3.11. The van der Waals surface area contributed by atoms with E-state index in [4.69, 9.17) is 11.6 Å². The lowest BCUT2D eigenvalue weighted by Crippen LogP contribution is -2.37. The van der Waals surface area contributed by atoms with Crippen molar-refractivity contribution in [1.29, 1.82) is 0 Å². The summed E-state index contributed by atoms with van der Waals surface area (Å²) in [5, 5.41) is 3.01. The van der Waals surface area contributed by atoms with Gasteiger partial charge in [-0.15, -0.1) is 11.8 Å². The maximum absolute atomic E-state index is 13.0. The van der Waals surface area contributed by atoms with Gasteiger partial charge in [0.25, 0.3) is 5.91 Å². The minimum atomic E-state index is -3.65. The molecule has 3 rings (SSSR count). The largest absolute Gasteiger partial charge is 0.322 e. The van der Waals surface area contributed by atoms with Gasteiger partial charge in [-0.25, -0.2) is 8.42 Å². The van der Waals surface area contributed by atoms with Gasteiger partial charge in [-0.3, -0.25) is 4.79 Å². The van der Waals surface area contributed by atoms with Gasteiger partial charge in [-0.2, -0.15) is 4.31 Å². The Morgan fingerprint density at radius 3 is 2.57 bits per heavy atom. The van der Waals surface area contributed by atoms with E-state index in [0.29, 0.717) is 24.7 Å².